The quantitative estimate of drug-likeness (QED) is 0.793. The summed E-state index contributed by atoms with van der Waals surface area (Å²) >= 11 is 0. The summed E-state index contributed by atoms with van der Waals surface area (Å²) in [7, 11) is 3.14. The summed E-state index contributed by atoms with van der Waals surface area (Å²) in [6.07, 6.45) is 0.488. The number of ether oxygens (including phenoxy) is 3. The second kappa shape index (κ2) is 8.33. The van der Waals surface area contributed by atoms with E-state index in [1.165, 1.54) is 0 Å². The molecule has 1 amide bonds. The van der Waals surface area contributed by atoms with Gasteiger partial charge in [0.1, 0.15) is 5.75 Å². The molecule has 2 aromatic carbocycles. The van der Waals surface area contributed by atoms with Crippen molar-refractivity contribution in [3.8, 4) is 17.2 Å². The van der Waals surface area contributed by atoms with Crippen LogP contribution in [0.25, 0.3) is 0 Å². The average Bonchev–Trinajstić information content (AvgIpc) is 3.00. The van der Waals surface area contributed by atoms with Crippen molar-refractivity contribution in [1.29, 1.82) is 0 Å². The lowest BCUT2D eigenvalue weighted by Crippen LogP contribution is -2.28. The second-order valence-electron chi connectivity index (χ2n) is 6.95. The third kappa shape index (κ3) is 3.96. The van der Waals surface area contributed by atoms with E-state index >= 15 is 0 Å². The highest BCUT2D eigenvalue weighted by atomic mass is 16.5. The number of Topliss-reactive ketones (excluding diaryl/α,β-unsaturated/α-hetero) is 1. The van der Waals surface area contributed by atoms with Crippen molar-refractivity contribution >= 4 is 11.7 Å². The highest BCUT2D eigenvalue weighted by Gasteiger charge is 2.31. The zero-order chi connectivity index (χ0) is 20.3. The molecule has 1 aliphatic rings. The summed E-state index contributed by atoms with van der Waals surface area (Å²) < 4.78 is 16.1. The molecule has 1 aliphatic carbocycles. The summed E-state index contributed by atoms with van der Waals surface area (Å²) in [5.41, 5.74) is 3.62. The van der Waals surface area contributed by atoms with E-state index in [2.05, 4.69) is 5.32 Å². The average molecular weight is 383 g/mol. The van der Waals surface area contributed by atoms with Gasteiger partial charge in [-0.15, -0.1) is 0 Å². The maximum atomic E-state index is 12.3. The third-order valence-electron chi connectivity index (χ3n) is 4.98. The van der Waals surface area contributed by atoms with E-state index in [0.717, 1.165) is 16.7 Å². The molecule has 1 atom stereocenters. The van der Waals surface area contributed by atoms with Gasteiger partial charge in [-0.05, 0) is 47.7 Å². The molecule has 28 heavy (non-hydrogen) atoms. The van der Waals surface area contributed by atoms with Gasteiger partial charge in [0, 0.05) is 13.0 Å². The zero-order valence-electron chi connectivity index (χ0n) is 16.6. The number of fused-ring (bicyclic) bond motifs is 1. The molecule has 0 heterocycles. The summed E-state index contributed by atoms with van der Waals surface area (Å²) in [5.74, 6) is 1.72. The lowest BCUT2D eigenvalue weighted by molar-refractivity contribution is -0.123. The predicted molar refractivity (Wildman–Crippen MR) is 105 cm³/mol. The van der Waals surface area contributed by atoms with Gasteiger partial charge in [0.15, 0.2) is 23.9 Å². The molecule has 0 unspecified atom stereocenters. The number of hydrogen-bond acceptors (Lipinski definition) is 5. The van der Waals surface area contributed by atoms with Gasteiger partial charge in [0.25, 0.3) is 5.91 Å². The Morgan fingerprint density at radius 1 is 1.11 bits per heavy atom. The number of benzene rings is 2. The van der Waals surface area contributed by atoms with Crippen molar-refractivity contribution in [2.45, 2.75) is 32.7 Å². The number of methoxy groups -OCH3 is 2. The van der Waals surface area contributed by atoms with E-state index in [4.69, 9.17) is 14.2 Å². The minimum atomic E-state index is -0.261. The summed E-state index contributed by atoms with van der Waals surface area (Å²) in [5, 5.41) is 2.81. The van der Waals surface area contributed by atoms with Crippen molar-refractivity contribution in [1.82, 2.24) is 5.32 Å². The Hall–Kier alpha value is -3.02. The predicted octanol–water partition coefficient (Wildman–Crippen LogP) is 3.40. The second-order valence-corrected chi connectivity index (χ2v) is 6.95. The van der Waals surface area contributed by atoms with Gasteiger partial charge in [0.2, 0.25) is 0 Å². The molecule has 0 saturated heterocycles. The fourth-order valence-electron chi connectivity index (χ4n) is 3.61. The van der Waals surface area contributed by atoms with Crippen LogP contribution in [0.5, 0.6) is 17.2 Å². The van der Waals surface area contributed by atoms with Crippen molar-refractivity contribution in [2.24, 2.45) is 0 Å². The number of carbonyl (C=O) groups is 2. The molecule has 0 aromatic heterocycles. The first-order valence-electron chi connectivity index (χ1n) is 9.21. The van der Waals surface area contributed by atoms with Gasteiger partial charge in [0.05, 0.1) is 19.8 Å². The van der Waals surface area contributed by atoms with Crippen LogP contribution < -0.4 is 19.5 Å². The van der Waals surface area contributed by atoms with Crippen LogP contribution in [0.2, 0.25) is 0 Å². The van der Waals surface area contributed by atoms with E-state index in [0.29, 0.717) is 35.8 Å². The van der Waals surface area contributed by atoms with Gasteiger partial charge in [-0.1, -0.05) is 19.1 Å². The Bertz CT molecular complexity index is 906. The lowest BCUT2D eigenvalue weighted by Gasteiger charge is -2.14. The van der Waals surface area contributed by atoms with Crippen molar-refractivity contribution in [2.75, 3.05) is 20.8 Å². The van der Waals surface area contributed by atoms with Crippen molar-refractivity contribution in [3.05, 3.63) is 52.6 Å². The van der Waals surface area contributed by atoms with Gasteiger partial charge < -0.3 is 19.5 Å². The molecule has 0 bridgehead atoms. The van der Waals surface area contributed by atoms with Crippen molar-refractivity contribution < 1.29 is 23.8 Å². The number of hydrogen-bond donors (Lipinski definition) is 1. The molecule has 0 fully saturated rings. The summed E-state index contributed by atoms with van der Waals surface area (Å²) in [6.45, 7) is 4.22. The highest BCUT2D eigenvalue weighted by Crippen LogP contribution is 2.40. The summed E-state index contributed by atoms with van der Waals surface area (Å²) in [4.78, 5) is 24.5. The Labute approximate surface area is 164 Å². The van der Waals surface area contributed by atoms with E-state index in [1.54, 1.807) is 26.4 Å². The highest BCUT2D eigenvalue weighted by molar-refractivity contribution is 6.04. The number of nitrogens with one attached hydrogen (secondary N) is 1. The van der Waals surface area contributed by atoms with Gasteiger partial charge in [-0.25, -0.2) is 0 Å². The molecule has 0 saturated carbocycles. The topological polar surface area (TPSA) is 73.9 Å². The monoisotopic (exact) mass is 383 g/mol. The molecule has 2 aromatic rings. The van der Waals surface area contributed by atoms with Gasteiger partial charge in [-0.3, -0.25) is 9.59 Å². The molecule has 1 N–H and O–H groups in total. The maximum Gasteiger partial charge on any atom is 0.258 e. The Kier molecular flexibility index (Phi) is 5.87. The van der Waals surface area contributed by atoms with Crippen LogP contribution in [-0.2, 0) is 11.3 Å². The van der Waals surface area contributed by atoms with Crippen LogP contribution >= 0.6 is 0 Å². The molecule has 148 valence electrons. The molecule has 6 nitrogen and oxygen atoms in total. The van der Waals surface area contributed by atoms with E-state index in [1.807, 2.05) is 32.0 Å². The van der Waals surface area contributed by atoms with Crippen LogP contribution in [0.15, 0.2) is 30.3 Å². The van der Waals surface area contributed by atoms with E-state index in [-0.39, 0.29) is 24.2 Å². The van der Waals surface area contributed by atoms with E-state index < -0.39 is 0 Å². The molecule has 3 rings (SSSR count). The largest absolute Gasteiger partial charge is 0.493 e. The third-order valence-corrected chi connectivity index (χ3v) is 4.98. The maximum absolute atomic E-state index is 12.3. The minimum absolute atomic E-state index is 0.0759. The molecule has 6 heteroatoms. The van der Waals surface area contributed by atoms with E-state index in [9.17, 15) is 9.59 Å². The number of carbonyl (C=O) groups excluding carboxylic acids is 2. The van der Waals surface area contributed by atoms with Crippen LogP contribution in [0.3, 0.4) is 0 Å². The molecule has 0 radical (unpaired) electrons. The van der Waals surface area contributed by atoms with Crippen molar-refractivity contribution in [3.63, 3.8) is 0 Å². The van der Waals surface area contributed by atoms with Gasteiger partial charge in [-0.2, -0.15) is 0 Å². The first-order valence-corrected chi connectivity index (χ1v) is 9.21. The normalized spacial score (nSPS) is 15.1. The first kappa shape index (κ1) is 19.7. The molecular weight excluding hydrogens is 358 g/mol. The zero-order valence-corrected chi connectivity index (χ0v) is 16.6. The Morgan fingerprint density at radius 3 is 2.54 bits per heavy atom. The Balaban J connectivity index is 1.61. The molecule has 0 aliphatic heterocycles. The number of amides is 1. The molecular formula is C22H25NO5. The van der Waals surface area contributed by atoms with Crippen LogP contribution in [0.4, 0.5) is 0 Å². The first-order chi connectivity index (χ1) is 13.4. The SMILES string of the molecule is COc1ccc(CNC(=O)COc2ccc(C)c3c2C(=O)C[C@@H]3C)cc1OC. The number of rotatable bonds is 7. The fourth-order valence-corrected chi connectivity index (χ4v) is 3.61. The van der Waals surface area contributed by atoms with Crippen LogP contribution in [0.1, 0.15) is 46.3 Å². The number of aryl methyl sites for hydroxylation is 1. The molecule has 0 spiro atoms. The van der Waals surface area contributed by atoms with Gasteiger partial charge >= 0.3 is 0 Å². The Morgan fingerprint density at radius 2 is 1.82 bits per heavy atom. The lowest BCUT2D eigenvalue weighted by atomic mass is 9.97. The smallest absolute Gasteiger partial charge is 0.258 e. The fraction of sp³-hybridized carbons (Fsp3) is 0.364. The number of ketones is 1. The van der Waals surface area contributed by atoms with Crippen LogP contribution in [-0.4, -0.2) is 32.5 Å². The standard InChI is InChI=1S/C22H25NO5/c1-13-5-7-18(22-16(24)9-14(2)21(13)22)28-12-20(25)23-11-15-6-8-17(26-3)19(10-15)27-4/h5-8,10,14H,9,11-12H2,1-4H3,(H,23,25)/t14-/m0/s1. The minimum Gasteiger partial charge on any atom is -0.493 e. The van der Waals surface area contributed by atoms with Crippen LogP contribution in [0, 0.1) is 6.92 Å². The summed E-state index contributed by atoms with van der Waals surface area (Å²) in [6, 6.07) is 9.16.